The molecular formula is C14H13ClN4O. The molecule has 2 N–H and O–H groups in total. The van der Waals surface area contributed by atoms with Gasteiger partial charge in [0.1, 0.15) is 11.7 Å². The van der Waals surface area contributed by atoms with Crippen LogP contribution in [0.4, 0.5) is 5.82 Å². The maximum absolute atomic E-state index is 10.5. The number of rotatable bonds is 4. The van der Waals surface area contributed by atoms with Crippen molar-refractivity contribution in [1.82, 2.24) is 9.97 Å². The molecule has 0 fully saturated rings. The van der Waals surface area contributed by atoms with E-state index >= 15 is 0 Å². The molecule has 1 aromatic carbocycles. The summed E-state index contributed by atoms with van der Waals surface area (Å²) in [5.41, 5.74) is -0.401. The van der Waals surface area contributed by atoms with Crippen molar-refractivity contribution in [1.29, 1.82) is 5.26 Å². The van der Waals surface area contributed by atoms with Gasteiger partial charge in [-0.2, -0.15) is 5.26 Å². The Balaban J connectivity index is 2.18. The SMILES string of the molecule is CC(O)(CNc1nccnc1C#N)c1ccccc1Cl. The van der Waals surface area contributed by atoms with Crippen LogP contribution in [-0.4, -0.2) is 21.6 Å². The number of aliphatic hydroxyl groups is 1. The van der Waals surface area contributed by atoms with E-state index in [9.17, 15) is 5.11 Å². The van der Waals surface area contributed by atoms with Crippen LogP contribution in [0, 0.1) is 11.3 Å². The Morgan fingerprint density at radius 3 is 2.75 bits per heavy atom. The van der Waals surface area contributed by atoms with E-state index in [0.29, 0.717) is 16.4 Å². The summed E-state index contributed by atoms with van der Waals surface area (Å²) in [6.45, 7) is 1.80. The van der Waals surface area contributed by atoms with Gasteiger partial charge in [0.25, 0.3) is 0 Å². The van der Waals surface area contributed by atoms with Gasteiger partial charge in [-0.05, 0) is 13.0 Å². The average molecular weight is 289 g/mol. The molecule has 0 saturated heterocycles. The molecule has 20 heavy (non-hydrogen) atoms. The molecule has 102 valence electrons. The van der Waals surface area contributed by atoms with Crippen LogP contribution in [0.15, 0.2) is 36.7 Å². The Morgan fingerprint density at radius 2 is 2.05 bits per heavy atom. The molecule has 0 aliphatic carbocycles. The van der Waals surface area contributed by atoms with E-state index in [4.69, 9.17) is 16.9 Å². The quantitative estimate of drug-likeness (QED) is 0.902. The van der Waals surface area contributed by atoms with Gasteiger partial charge in [0, 0.05) is 29.5 Å². The molecule has 2 aromatic rings. The van der Waals surface area contributed by atoms with E-state index in [1.807, 2.05) is 6.07 Å². The van der Waals surface area contributed by atoms with E-state index < -0.39 is 5.60 Å². The third-order valence-corrected chi connectivity index (χ3v) is 3.19. The number of hydrogen-bond donors (Lipinski definition) is 2. The van der Waals surface area contributed by atoms with Crippen molar-refractivity contribution >= 4 is 17.4 Å². The second-order valence-corrected chi connectivity index (χ2v) is 4.88. The van der Waals surface area contributed by atoms with Gasteiger partial charge in [-0.3, -0.25) is 0 Å². The fourth-order valence-electron chi connectivity index (χ4n) is 1.80. The summed E-state index contributed by atoms with van der Waals surface area (Å²) in [6.07, 6.45) is 2.92. The standard InChI is InChI=1S/C14H13ClN4O/c1-14(20,10-4-2-3-5-11(10)15)9-19-13-12(8-16)17-6-7-18-13/h2-7,20H,9H2,1H3,(H,18,19). The number of nitrogens with one attached hydrogen (secondary N) is 1. The monoisotopic (exact) mass is 288 g/mol. The summed E-state index contributed by atoms with van der Waals surface area (Å²) < 4.78 is 0. The number of nitriles is 1. The van der Waals surface area contributed by atoms with Crippen LogP contribution < -0.4 is 5.32 Å². The first-order chi connectivity index (χ1) is 9.54. The fraction of sp³-hybridized carbons (Fsp3) is 0.214. The molecule has 0 spiro atoms. The normalized spacial score (nSPS) is 13.3. The maximum atomic E-state index is 10.5. The van der Waals surface area contributed by atoms with Gasteiger partial charge in [-0.15, -0.1) is 0 Å². The Labute approximate surface area is 121 Å². The number of hydrogen-bond acceptors (Lipinski definition) is 5. The molecule has 0 aliphatic rings. The minimum atomic E-state index is -1.19. The lowest BCUT2D eigenvalue weighted by atomic mass is 9.96. The molecule has 6 heteroatoms. The lowest BCUT2D eigenvalue weighted by Gasteiger charge is -2.25. The Bertz CT molecular complexity index is 652. The van der Waals surface area contributed by atoms with Gasteiger partial charge < -0.3 is 10.4 Å². The largest absolute Gasteiger partial charge is 0.384 e. The number of anilines is 1. The fourth-order valence-corrected chi connectivity index (χ4v) is 2.14. The number of benzene rings is 1. The van der Waals surface area contributed by atoms with Crippen molar-refractivity contribution in [2.75, 3.05) is 11.9 Å². The second-order valence-electron chi connectivity index (χ2n) is 4.47. The van der Waals surface area contributed by atoms with Crippen LogP contribution >= 0.6 is 11.6 Å². The van der Waals surface area contributed by atoms with Crippen molar-refractivity contribution in [3.05, 3.63) is 52.9 Å². The molecule has 0 amide bonds. The van der Waals surface area contributed by atoms with Crippen LogP contribution in [0.3, 0.4) is 0 Å². The summed E-state index contributed by atoms with van der Waals surface area (Å²) in [5, 5.41) is 22.9. The highest BCUT2D eigenvalue weighted by atomic mass is 35.5. The zero-order valence-electron chi connectivity index (χ0n) is 10.8. The second kappa shape index (κ2) is 5.87. The minimum absolute atomic E-state index is 0.157. The summed E-state index contributed by atoms with van der Waals surface area (Å²) in [5.74, 6) is 0.335. The van der Waals surface area contributed by atoms with Crippen LogP contribution in [0.25, 0.3) is 0 Å². The van der Waals surface area contributed by atoms with Crippen molar-refractivity contribution < 1.29 is 5.11 Å². The van der Waals surface area contributed by atoms with Crippen LogP contribution in [0.1, 0.15) is 18.2 Å². The highest BCUT2D eigenvalue weighted by Crippen LogP contribution is 2.28. The van der Waals surface area contributed by atoms with Gasteiger partial charge >= 0.3 is 0 Å². The van der Waals surface area contributed by atoms with Crippen LogP contribution in [-0.2, 0) is 5.60 Å². The molecule has 0 saturated carbocycles. The van der Waals surface area contributed by atoms with E-state index in [1.54, 1.807) is 31.2 Å². The lowest BCUT2D eigenvalue weighted by molar-refractivity contribution is 0.0715. The minimum Gasteiger partial charge on any atom is -0.384 e. The zero-order chi connectivity index (χ0) is 14.6. The molecule has 1 unspecified atom stereocenters. The molecule has 1 heterocycles. The van der Waals surface area contributed by atoms with E-state index in [0.717, 1.165) is 0 Å². The molecule has 5 nitrogen and oxygen atoms in total. The number of nitrogens with zero attached hydrogens (tertiary/aromatic N) is 3. The third-order valence-electron chi connectivity index (χ3n) is 2.86. The molecule has 0 aliphatic heterocycles. The van der Waals surface area contributed by atoms with Gasteiger partial charge in [-0.25, -0.2) is 9.97 Å². The summed E-state index contributed by atoms with van der Waals surface area (Å²) in [7, 11) is 0. The van der Waals surface area contributed by atoms with E-state index in [2.05, 4.69) is 15.3 Å². The summed E-state index contributed by atoms with van der Waals surface area (Å²) in [4.78, 5) is 7.92. The summed E-state index contributed by atoms with van der Waals surface area (Å²) >= 11 is 6.08. The summed E-state index contributed by atoms with van der Waals surface area (Å²) in [6, 6.07) is 9.01. The Kier molecular flexibility index (Phi) is 4.18. The molecular weight excluding hydrogens is 276 g/mol. The smallest absolute Gasteiger partial charge is 0.182 e. The molecule has 0 bridgehead atoms. The van der Waals surface area contributed by atoms with Crippen molar-refractivity contribution in [3.63, 3.8) is 0 Å². The maximum Gasteiger partial charge on any atom is 0.182 e. The first-order valence-electron chi connectivity index (χ1n) is 5.97. The third kappa shape index (κ3) is 3.05. The molecule has 1 aromatic heterocycles. The molecule has 1 atom stereocenters. The van der Waals surface area contributed by atoms with Crippen molar-refractivity contribution in [2.45, 2.75) is 12.5 Å². The average Bonchev–Trinajstić information content (AvgIpc) is 2.46. The van der Waals surface area contributed by atoms with Gasteiger partial charge in [0.15, 0.2) is 11.5 Å². The van der Waals surface area contributed by atoms with Crippen molar-refractivity contribution in [2.24, 2.45) is 0 Å². The highest BCUT2D eigenvalue weighted by molar-refractivity contribution is 6.31. The predicted octanol–water partition coefficient (Wildman–Crippen LogP) is 2.32. The van der Waals surface area contributed by atoms with Gasteiger partial charge in [0.05, 0.1) is 0 Å². The first-order valence-corrected chi connectivity index (χ1v) is 6.35. The molecule has 2 rings (SSSR count). The Morgan fingerprint density at radius 1 is 1.35 bits per heavy atom. The highest BCUT2D eigenvalue weighted by Gasteiger charge is 2.25. The van der Waals surface area contributed by atoms with Crippen molar-refractivity contribution in [3.8, 4) is 6.07 Å². The Hall–Kier alpha value is -2.16. The van der Waals surface area contributed by atoms with E-state index in [1.165, 1.54) is 12.4 Å². The van der Waals surface area contributed by atoms with Crippen LogP contribution in [0.5, 0.6) is 0 Å². The number of aromatic nitrogens is 2. The lowest BCUT2D eigenvalue weighted by Crippen LogP contribution is -2.31. The molecule has 0 radical (unpaired) electrons. The van der Waals surface area contributed by atoms with Gasteiger partial charge in [-0.1, -0.05) is 29.8 Å². The topological polar surface area (TPSA) is 81.8 Å². The van der Waals surface area contributed by atoms with Crippen LogP contribution in [0.2, 0.25) is 5.02 Å². The predicted molar refractivity (Wildman–Crippen MR) is 76.3 cm³/mol. The first kappa shape index (κ1) is 14.3. The van der Waals surface area contributed by atoms with E-state index in [-0.39, 0.29) is 12.2 Å². The zero-order valence-corrected chi connectivity index (χ0v) is 11.6. The van der Waals surface area contributed by atoms with Gasteiger partial charge in [0.2, 0.25) is 0 Å². The number of halogens is 1.